The molecule has 0 aliphatic rings. The summed E-state index contributed by atoms with van der Waals surface area (Å²) in [5.41, 5.74) is 0.477. The van der Waals surface area contributed by atoms with Crippen molar-refractivity contribution in [2.75, 3.05) is 12.4 Å². The van der Waals surface area contributed by atoms with Crippen LogP contribution in [-0.2, 0) is 17.5 Å². The molecule has 1 N–H and O–H groups in total. The van der Waals surface area contributed by atoms with Crippen LogP contribution in [0.1, 0.15) is 21.5 Å². The van der Waals surface area contributed by atoms with Crippen LogP contribution in [0, 0.1) is 0 Å². The van der Waals surface area contributed by atoms with Gasteiger partial charge in [-0.3, -0.25) is 4.79 Å². The third kappa shape index (κ3) is 4.56. The summed E-state index contributed by atoms with van der Waals surface area (Å²) in [5, 5.41) is 2.46. The molecule has 0 saturated heterocycles. The zero-order valence-electron chi connectivity index (χ0n) is 12.1. The average molecular weight is 388 g/mol. The standard InChI is InChI=1S/C16H13BrF3NO2/c1-23-9-10-2-4-11(5-3-10)15(22)21-12-6-7-14(17)13(8-12)16(18,19)20/h2-8H,9H2,1H3,(H,21,22). The van der Waals surface area contributed by atoms with E-state index >= 15 is 0 Å². The lowest BCUT2D eigenvalue weighted by Gasteiger charge is -2.12. The molecule has 23 heavy (non-hydrogen) atoms. The highest BCUT2D eigenvalue weighted by Crippen LogP contribution is 2.36. The van der Waals surface area contributed by atoms with Gasteiger partial charge in [0.2, 0.25) is 0 Å². The Bertz CT molecular complexity index is 699. The molecule has 1 amide bonds. The van der Waals surface area contributed by atoms with Gasteiger partial charge in [-0.1, -0.05) is 28.1 Å². The number of amides is 1. The van der Waals surface area contributed by atoms with Gasteiger partial charge >= 0.3 is 6.18 Å². The number of methoxy groups -OCH3 is 1. The smallest absolute Gasteiger partial charge is 0.380 e. The molecule has 0 heterocycles. The number of carbonyl (C=O) groups is 1. The Morgan fingerprint density at radius 1 is 1.17 bits per heavy atom. The molecular formula is C16H13BrF3NO2. The maximum Gasteiger partial charge on any atom is 0.417 e. The van der Waals surface area contributed by atoms with Crippen molar-refractivity contribution < 1.29 is 22.7 Å². The highest BCUT2D eigenvalue weighted by Gasteiger charge is 2.33. The molecular weight excluding hydrogens is 375 g/mol. The molecule has 0 fully saturated rings. The number of alkyl halides is 3. The monoisotopic (exact) mass is 387 g/mol. The fourth-order valence-corrected chi connectivity index (χ4v) is 2.41. The number of rotatable bonds is 4. The molecule has 2 aromatic carbocycles. The fraction of sp³-hybridized carbons (Fsp3) is 0.188. The molecule has 122 valence electrons. The van der Waals surface area contributed by atoms with Crippen molar-refractivity contribution in [1.82, 2.24) is 0 Å². The normalized spacial score (nSPS) is 11.3. The zero-order chi connectivity index (χ0) is 17.0. The van der Waals surface area contributed by atoms with Crippen molar-refractivity contribution in [2.45, 2.75) is 12.8 Å². The molecule has 0 aliphatic carbocycles. The van der Waals surface area contributed by atoms with Crippen molar-refractivity contribution >= 4 is 27.5 Å². The number of halogens is 4. The van der Waals surface area contributed by atoms with E-state index in [-0.39, 0.29) is 10.2 Å². The van der Waals surface area contributed by atoms with Gasteiger partial charge in [0.15, 0.2) is 0 Å². The second kappa shape index (κ2) is 7.14. The van der Waals surface area contributed by atoms with Crippen LogP contribution in [0.3, 0.4) is 0 Å². The van der Waals surface area contributed by atoms with E-state index in [9.17, 15) is 18.0 Å². The minimum Gasteiger partial charge on any atom is -0.380 e. The van der Waals surface area contributed by atoms with Crippen LogP contribution in [-0.4, -0.2) is 13.0 Å². The SMILES string of the molecule is COCc1ccc(C(=O)Nc2ccc(Br)c(C(F)(F)F)c2)cc1. The number of hydrogen-bond acceptors (Lipinski definition) is 2. The van der Waals surface area contributed by atoms with Gasteiger partial charge in [0, 0.05) is 22.8 Å². The first-order valence-corrected chi connectivity index (χ1v) is 7.36. The first-order chi connectivity index (χ1) is 10.8. The van der Waals surface area contributed by atoms with E-state index in [1.807, 2.05) is 0 Å². The molecule has 0 unspecified atom stereocenters. The number of carbonyl (C=O) groups excluding carboxylic acids is 1. The molecule has 0 spiro atoms. The largest absolute Gasteiger partial charge is 0.417 e. The van der Waals surface area contributed by atoms with Gasteiger partial charge in [-0.2, -0.15) is 13.2 Å². The third-order valence-corrected chi connectivity index (χ3v) is 3.75. The Balaban J connectivity index is 2.17. The first kappa shape index (κ1) is 17.5. The quantitative estimate of drug-likeness (QED) is 0.812. The Morgan fingerprint density at radius 3 is 2.39 bits per heavy atom. The van der Waals surface area contributed by atoms with E-state index in [0.717, 1.165) is 11.6 Å². The second-order valence-corrected chi connectivity index (χ2v) is 5.63. The highest BCUT2D eigenvalue weighted by molar-refractivity contribution is 9.10. The van der Waals surface area contributed by atoms with E-state index in [1.165, 1.54) is 12.1 Å². The predicted molar refractivity (Wildman–Crippen MR) is 84.3 cm³/mol. The van der Waals surface area contributed by atoms with Crippen LogP contribution in [0.4, 0.5) is 18.9 Å². The molecule has 0 saturated carbocycles. The number of nitrogens with one attached hydrogen (secondary N) is 1. The van der Waals surface area contributed by atoms with E-state index in [2.05, 4.69) is 21.2 Å². The third-order valence-electron chi connectivity index (χ3n) is 3.06. The average Bonchev–Trinajstić information content (AvgIpc) is 2.49. The van der Waals surface area contributed by atoms with Crippen LogP contribution in [0.5, 0.6) is 0 Å². The van der Waals surface area contributed by atoms with Gasteiger partial charge < -0.3 is 10.1 Å². The van der Waals surface area contributed by atoms with Crippen LogP contribution < -0.4 is 5.32 Å². The molecule has 0 aromatic heterocycles. The van der Waals surface area contributed by atoms with Crippen molar-refractivity contribution in [3.63, 3.8) is 0 Å². The summed E-state index contributed by atoms with van der Waals surface area (Å²) < 4.78 is 43.4. The second-order valence-electron chi connectivity index (χ2n) is 4.78. The summed E-state index contributed by atoms with van der Waals surface area (Å²) in [6.45, 7) is 0.420. The molecule has 0 radical (unpaired) electrons. The minimum atomic E-state index is -4.50. The lowest BCUT2D eigenvalue weighted by atomic mass is 10.1. The first-order valence-electron chi connectivity index (χ1n) is 6.57. The summed E-state index contributed by atoms with van der Waals surface area (Å²) in [6, 6.07) is 10.2. The summed E-state index contributed by atoms with van der Waals surface area (Å²) in [4.78, 5) is 12.1. The highest BCUT2D eigenvalue weighted by atomic mass is 79.9. The Hall–Kier alpha value is -1.86. The van der Waals surface area contributed by atoms with Crippen molar-refractivity contribution in [3.8, 4) is 0 Å². The summed E-state index contributed by atoms with van der Waals surface area (Å²) in [6.07, 6.45) is -4.50. The van der Waals surface area contributed by atoms with E-state index in [0.29, 0.717) is 12.2 Å². The maximum atomic E-state index is 12.9. The zero-order valence-corrected chi connectivity index (χ0v) is 13.7. The Morgan fingerprint density at radius 2 is 1.83 bits per heavy atom. The molecule has 0 aliphatic heterocycles. The van der Waals surface area contributed by atoms with Crippen molar-refractivity contribution in [3.05, 3.63) is 63.6 Å². The molecule has 2 aromatic rings. The van der Waals surface area contributed by atoms with Crippen LogP contribution in [0.25, 0.3) is 0 Å². The molecule has 0 atom stereocenters. The molecule has 3 nitrogen and oxygen atoms in total. The van der Waals surface area contributed by atoms with Gasteiger partial charge in [0.25, 0.3) is 5.91 Å². The van der Waals surface area contributed by atoms with Gasteiger partial charge in [-0.25, -0.2) is 0 Å². The van der Waals surface area contributed by atoms with Crippen molar-refractivity contribution in [2.24, 2.45) is 0 Å². The van der Waals surface area contributed by atoms with E-state index in [4.69, 9.17) is 4.74 Å². The van der Waals surface area contributed by atoms with Gasteiger partial charge in [0.05, 0.1) is 12.2 Å². The number of benzene rings is 2. The number of anilines is 1. The summed E-state index contributed by atoms with van der Waals surface area (Å²) >= 11 is 2.86. The predicted octanol–water partition coefficient (Wildman–Crippen LogP) is 4.87. The van der Waals surface area contributed by atoms with Gasteiger partial charge in [-0.15, -0.1) is 0 Å². The minimum absolute atomic E-state index is 0.0755. The van der Waals surface area contributed by atoms with Crippen LogP contribution in [0.2, 0.25) is 0 Å². The summed E-state index contributed by atoms with van der Waals surface area (Å²) in [5.74, 6) is -0.482. The lowest BCUT2D eigenvalue weighted by Crippen LogP contribution is -2.13. The Kier molecular flexibility index (Phi) is 5.43. The van der Waals surface area contributed by atoms with E-state index < -0.39 is 17.6 Å². The topological polar surface area (TPSA) is 38.3 Å². The number of hydrogen-bond donors (Lipinski definition) is 1. The molecule has 7 heteroatoms. The summed E-state index contributed by atoms with van der Waals surface area (Å²) in [7, 11) is 1.56. The fourth-order valence-electron chi connectivity index (χ4n) is 1.94. The van der Waals surface area contributed by atoms with Gasteiger partial charge in [0.1, 0.15) is 0 Å². The number of ether oxygens (including phenoxy) is 1. The van der Waals surface area contributed by atoms with E-state index in [1.54, 1.807) is 31.4 Å². The molecule has 0 bridgehead atoms. The van der Waals surface area contributed by atoms with Crippen molar-refractivity contribution in [1.29, 1.82) is 0 Å². The van der Waals surface area contributed by atoms with Crippen LogP contribution in [0.15, 0.2) is 46.9 Å². The van der Waals surface area contributed by atoms with Gasteiger partial charge in [-0.05, 0) is 35.9 Å². The Labute approximate surface area is 139 Å². The lowest BCUT2D eigenvalue weighted by molar-refractivity contribution is -0.138. The van der Waals surface area contributed by atoms with Crippen LogP contribution >= 0.6 is 15.9 Å². The maximum absolute atomic E-state index is 12.9. The molecule has 2 rings (SSSR count).